The maximum atomic E-state index is 13.1. The third kappa shape index (κ3) is 3.49. The molecule has 25 heavy (non-hydrogen) atoms. The van der Waals surface area contributed by atoms with E-state index >= 15 is 0 Å². The summed E-state index contributed by atoms with van der Waals surface area (Å²) in [7, 11) is 0. The Hall–Kier alpha value is -2.07. The predicted molar refractivity (Wildman–Crippen MR) is 104 cm³/mol. The van der Waals surface area contributed by atoms with Gasteiger partial charge >= 0.3 is 0 Å². The number of aryl methyl sites for hydroxylation is 2. The van der Waals surface area contributed by atoms with Crippen LogP contribution >= 0.6 is 11.6 Å². The van der Waals surface area contributed by atoms with Crippen molar-refractivity contribution in [1.82, 2.24) is 9.78 Å². The normalized spacial score (nSPS) is 10.8. The molecule has 0 aliphatic carbocycles. The summed E-state index contributed by atoms with van der Waals surface area (Å²) in [6.45, 7) is 12.2. The Morgan fingerprint density at radius 3 is 2.36 bits per heavy atom. The number of rotatable bonds is 5. The van der Waals surface area contributed by atoms with E-state index in [0.717, 1.165) is 28.7 Å². The van der Waals surface area contributed by atoms with Gasteiger partial charge in [0.2, 0.25) is 5.78 Å². The molecule has 0 saturated heterocycles. The van der Waals surface area contributed by atoms with Crippen molar-refractivity contribution in [3.05, 3.63) is 61.0 Å². The van der Waals surface area contributed by atoms with Gasteiger partial charge in [-0.05, 0) is 69.9 Å². The van der Waals surface area contributed by atoms with E-state index in [2.05, 4.69) is 5.10 Å². The Morgan fingerprint density at radius 1 is 1.16 bits per heavy atom. The second-order valence-corrected chi connectivity index (χ2v) is 7.02. The molecule has 4 nitrogen and oxygen atoms in total. The van der Waals surface area contributed by atoms with Crippen LogP contribution in [0.4, 0.5) is 0 Å². The number of benzene rings is 1. The standard InChI is InChI=1S/C20H25ClN2O2/c1-7-10-23-20(25)18(14(6)22-23)19(24)15-8-9-16(21)17(13(15)5)12(4)11(2)3/h8-9,22H,7,10H2,1-6H3. The molecule has 1 heterocycles. The van der Waals surface area contributed by atoms with Crippen molar-refractivity contribution in [2.24, 2.45) is 0 Å². The molecule has 1 aromatic heterocycles. The summed E-state index contributed by atoms with van der Waals surface area (Å²) in [6, 6.07) is 3.44. The number of aromatic nitrogens is 2. The number of H-pyrrole nitrogens is 1. The molecule has 5 heteroatoms. The molecule has 0 amide bonds. The van der Waals surface area contributed by atoms with E-state index in [1.807, 2.05) is 34.6 Å². The van der Waals surface area contributed by atoms with E-state index < -0.39 is 0 Å². The van der Waals surface area contributed by atoms with Gasteiger partial charge in [-0.1, -0.05) is 24.1 Å². The minimum Gasteiger partial charge on any atom is -0.299 e. The van der Waals surface area contributed by atoms with E-state index in [0.29, 0.717) is 22.8 Å². The monoisotopic (exact) mass is 360 g/mol. The summed E-state index contributed by atoms with van der Waals surface area (Å²) < 4.78 is 1.50. The minimum absolute atomic E-state index is 0.208. The quantitative estimate of drug-likeness (QED) is 0.771. The SMILES string of the molecule is CCCn1[nH]c(C)c(C(=O)c2ccc(Cl)c(C(C)=C(C)C)c2C)c1=O. The number of ketones is 1. The van der Waals surface area contributed by atoms with Crippen LogP contribution < -0.4 is 5.56 Å². The molecular formula is C20H25ClN2O2. The number of allylic oxidation sites excluding steroid dienone is 2. The fourth-order valence-corrected chi connectivity index (χ4v) is 3.37. The Kier molecular flexibility index (Phi) is 5.73. The fraction of sp³-hybridized carbons (Fsp3) is 0.400. The zero-order valence-corrected chi connectivity index (χ0v) is 16.5. The van der Waals surface area contributed by atoms with Crippen LogP contribution in [0.2, 0.25) is 5.02 Å². The summed E-state index contributed by atoms with van der Waals surface area (Å²) in [6.07, 6.45) is 0.817. The average Bonchev–Trinajstić information content (AvgIpc) is 2.81. The molecule has 0 unspecified atom stereocenters. The number of nitrogens with zero attached hydrogens (tertiary/aromatic N) is 1. The lowest BCUT2D eigenvalue weighted by atomic mass is 9.91. The summed E-state index contributed by atoms with van der Waals surface area (Å²) >= 11 is 6.38. The van der Waals surface area contributed by atoms with Gasteiger partial charge < -0.3 is 0 Å². The lowest BCUT2D eigenvalue weighted by molar-refractivity contribution is 0.103. The van der Waals surface area contributed by atoms with E-state index in [9.17, 15) is 9.59 Å². The molecule has 1 N–H and O–H groups in total. The summed E-state index contributed by atoms with van der Waals surface area (Å²) in [4.78, 5) is 25.7. The van der Waals surface area contributed by atoms with Gasteiger partial charge in [-0.25, -0.2) is 0 Å². The van der Waals surface area contributed by atoms with Crippen LogP contribution in [-0.4, -0.2) is 15.6 Å². The van der Waals surface area contributed by atoms with Crippen LogP contribution in [0, 0.1) is 13.8 Å². The second kappa shape index (κ2) is 7.44. The third-order valence-electron chi connectivity index (χ3n) is 4.59. The van der Waals surface area contributed by atoms with Gasteiger partial charge in [-0.3, -0.25) is 19.4 Å². The van der Waals surface area contributed by atoms with Crippen LogP contribution in [0.5, 0.6) is 0 Å². The largest absolute Gasteiger partial charge is 0.299 e. The molecule has 0 aliphatic rings. The smallest absolute Gasteiger partial charge is 0.278 e. The van der Waals surface area contributed by atoms with Crippen molar-refractivity contribution in [3.63, 3.8) is 0 Å². The van der Waals surface area contributed by atoms with Gasteiger partial charge in [0.25, 0.3) is 5.56 Å². The number of halogens is 1. The highest BCUT2D eigenvalue weighted by Crippen LogP contribution is 2.32. The zero-order valence-electron chi connectivity index (χ0n) is 15.7. The van der Waals surface area contributed by atoms with Crippen molar-refractivity contribution in [3.8, 4) is 0 Å². The first-order valence-corrected chi connectivity index (χ1v) is 8.86. The van der Waals surface area contributed by atoms with E-state index in [1.54, 1.807) is 19.1 Å². The zero-order chi connectivity index (χ0) is 18.9. The number of carbonyl (C=O) groups is 1. The molecule has 1 aromatic carbocycles. The first-order valence-electron chi connectivity index (χ1n) is 8.48. The second-order valence-electron chi connectivity index (χ2n) is 6.62. The maximum Gasteiger partial charge on any atom is 0.278 e. The van der Waals surface area contributed by atoms with E-state index in [4.69, 9.17) is 11.6 Å². The lowest BCUT2D eigenvalue weighted by Crippen LogP contribution is -2.22. The highest BCUT2D eigenvalue weighted by Gasteiger charge is 2.23. The molecule has 0 saturated carbocycles. The Balaban J connectivity index is 2.65. The van der Waals surface area contributed by atoms with Crippen LogP contribution in [0.3, 0.4) is 0 Å². The molecule has 2 rings (SSSR count). The average molecular weight is 361 g/mol. The molecule has 134 valence electrons. The number of aromatic amines is 1. The van der Waals surface area contributed by atoms with E-state index in [1.165, 1.54) is 4.68 Å². The molecule has 0 atom stereocenters. The van der Waals surface area contributed by atoms with E-state index in [-0.39, 0.29) is 16.9 Å². The highest BCUT2D eigenvalue weighted by molar-refractivity contribution is 6.32. The van der Waals surface area contributed by atoms with Crippen LogP contribution in [0.15, 0.2) is 22.5 Å². The van der Waals surface area contributed by atoms with Crippen LogP contribution in [-0.2, 0) is 6.54 Å². The third-order valence-corrected chi connectivity index (χ3v) is 4.91. The van der Waals surface area contributed by atoms with Gasteiger partial charge in [0, 0.05) is 22.8 Å². The Morgan fingerprint density at radius 2 is 1.80 bits per heavy atom. The van der Waals surface area contributed by atoms with Gasteiger partial charge in [-0.15, -0.1) is 0 Å². The van der Waals surface area contributed by atoms with Crippen molar-refractivity contribution >= 4 is 23.0 Å². The molecular weight excluding hydrogens is 336 g/mol. The van der Waals surface area contributed by atoms with Crippen LogP contribution in [0.25, 0.3) is 5.57 Å². The number of nitrogens with one attached hydrogen (secondary N) is 1. The van der Waals surface area contributed by atoms with Crippen molar-refractivity contribution in [1.29, 1.82) is 0 Å². The first kappa shape index (κ1) is 19.3. The minimum atomic E-state index is -0.265. The van der Waals surface area contributed by atoms with Crippen LogP contribution in [0.1, 0.15) is 66.9 Å². The molecule has 0 aliphatic heterocycles. The summed E-state index contributed by atoms with van der Waals surface area (Å²) in [5, 5.41) is 3.61. The molecule has 0 bridgehead atoms. The predicted octanol–water partition coefficient (Wildman–Crippen LogP) is 4.90. The first-order chi connectivity index (χ1) is 11.7. The Labute approximate surface area is 153 Å². The number of hydrogen-bond donors (Lipinski definition) is 1. The molecule has 0 fully saturated rings. The lowest BCUT2D eigenvalue weighted by Gasteiger charge is -2.14. The van der Waals surface area contributed by atoms with Gasteiger partial charge in [0.05, 0.1) is 0 Å². The van der Waals surface area contributed by atoms with Gasteiger partial charge in [-0.2, -0.15) is 0 Å². The molecule has 0 spiro atoms. The highest BCUT2D eigenvalue weighted by atomic mass is 35.5. The number of hydrogen-bond acceptors (Lipinski definition) is 2. The van der Waals surface area contributed by atoms with Crippen molar-refractivity contribution < 1.29 is 4.79 Å². The Bertz CT molecular complexity index is 913. The molecule has 2 aromatic rings. The number of carbonyl (C=O) groups excluding carboxylic acids is 1. The van der Waals surface area contributed by atoms with Gasteiger partial charge in [0.1, 0.15) is 5.56 Å². The summed E-state index contributed by atoms with van der Waals surface area (Å²) in [5.74, 6) is -0.259. The maximum absolute atomic E-state index is 13.1. The van der Waals surface area contributed by atoms with Crippen molar-refractivity contribution in [2.45, 2.75) is 54.5 Å². The molecule has 0 radical (unpaired) electrons. The topological polar surface area (TPSA) is 54.9 Å². The van der Waals surface area contributed by atoms with Crippen molar-refractivity contribution in [2.75, 3.05) is 0 Å². The fourth-order valence-electron chi connectivity index (χ4n) is 3.02. The van der Waals surface area contributed by atoms with Gasteiger partial charge in [0.15, 0.2) is 0 Å². The summed E-state index contributed by atoms with van der Waals surface area (Å²) in [5.41, 5.74) is 4.91.